The summed E-state index contributed by atoms with van der Waals surface area (Å²) in [5, 5.41) is 28.2. The van der Waals surface area contributed by atoms with Crippen molar-refractivity contribution in [2.24, 2.45) is 0 Å². The average Bonchev–Trinajstić information content (AvgIpc) is 2.55. The van der Waals surface area contributed by atoms with Crippen LogP contribution in [0.1, 0.15) is 35.4 Å². The van der Waals surface area contributed by atoms with Crippen LogP contribution in [-0.2, 0) is 0 Å². The smallest absolute Gasteiger partial charge is 0.335 e. The normalized spacial score (nSPS) is 11.1. The van der Waals surface area contributed by atoms with Gasteiger partial charge in [-0.3, -0.25) is 10.1 Å². The molecule has 0 saturated carbocycles. The zero-order chi connectivity index (χ0) is 18.3. The topological polar surface area (TPSA) is 153 Å². The number of carbonyl (C=O) groups is 1. The van der Waals surface area contributed by atoms with Crippen LogP contribution in [-0.4, -0.2) is 21.1 Å². The lowest BCUT2D eigenvalue weighted by molar-refractivity contribution is -0.383. The number of aliphatic hydroxyl groups excluding tert-OH is 1. The third-order valence-corrected chi connectivity index (χ3v) is 3.18. The van der Waals surface area contributed by atoms with Crippen LogP contribution in [0.4, 0.5) is 17.1 Å². The van der Waals surface area contributed by atoms with Gasteiger partial charge in [0.25, 0.3) is 5.69 Å². The summed E-state index contributed by atoms with van der Waals surface area (Å²) < 4.78 is 0. The van der Waals surface area contributed by atoms with Crippen LogP contribution in [0.3, 0.4) is 0 Å². The molecule has 0 amide bonds. The lowest BCUT2D eigenvalue weighted by Crippen LogP contribution is -2.00. The molecule has 8 nitrogen and oxygen atoms in total. The van der Waals surface area contributed by atoms with Gasteiger partial charge in [0.1, 0.15) is 5.69 Å². The zero-order valence-electron chi connectivity index (χ0n) is 13.0. The molecule has 6 N–H and O–H groups in total. The minimum absolute atomic E-state index is 0.0463. The number of nitro benzene ring substituents is 1. The van der Waals surface area contributed by atoms with Gasteiger partial charge in [-0.25, -0.2) is 4.79 Å². The molecule has 0 spiro atoms. The fourth-order valence-corrected chi connectivity index (χ4v) is 1.79. The van der Waals surface area contributed by atoms with Gasteiger partial charge < -0.3 is 21.7 Å². The van der Waals surface area contributed by atoms with Gasteiger partial charge in [-0.1, -0.05) is 19.1 Å². The highest BCUT2D eigenvalue weighted by atomic mass is 16.6. The van der Waals surface area contributed by atoms with E-state index < -0.39 is 10.9 Å². The summed E-state index contributed by atoms with van der Waals surface area (Å²) in [5.74, 6) is -1.22. The zero-order valence-corrected chi connectivity index (χ0v) is 13.0. The highest BCUT2D eigenvalue weighted by molar-refractivity contribution is 5.89. The first-order valence-electron chi connectivity index (χ1n) is 7.07. The van der Waals surface area contributed by atoms with E-state index in [1.165, 1.54) is 12.1 Å². The van der Waals surface area contributed by atoms with Crippen molar-refractivity contribution in [2.75, 3.05) is 11.5 Å². The van der Waals surface area contributed by atoms with E-state index in [1.54, 1.807) is 12.1 Å². The maximum Gasteiger partial charge on any atom is 0.335 e. The van der Waals surface area contributed by atoms with E-state index >= 15 is 0 Å². The summed E-state index contributed by atoms with van der Waals surface area (Å²) in [6, 6.07) is 10.6. The van der Waals surface area contributed by atoms with Crippen LogP contribution in [0.15, 0.2) is 42.5 Å². The molecule has 0 radical (unpaired) electrons. The van der Waals surface area contributed by atoms with Crippen LogP contribution < -0.4 is 11.5 Å². The molecule has 0 saturated heterocycles. The Hall–Kier alpha value is -3.13. The molecule has 0 bridgehead atoms. The van der Waals surface area contributed by atoms with E-state index in [-0.39, 0.29) is 23.0 Å². The van der Waals surface area contributed by atoms with Crippen LogP contribution in [0.5, 0.6) is 0 Å². The third-order valence-electron chi connectivity index (χ3n) is 3.18. The monoisotopic (exact) mass is 333 g/mol. The number of anilines is 2. The Morgan fingerprint density at radius 2 is 1.79 bits per heavy atom. The van der Waals surface area contributed by atoms with Gasteiger partial charge in [-0.2, -0.15) is 0 Å². The molecule has 0 aromatic heterocycles. The molecule has 128 valence electrons. The number of nitrogens with zero attached hydrogens (tertiary/aromatic N) is 1. The van der Waals surface area contributed by atoms with E-state index in [0.717, 1.165) is 23.7 Å². The number of nitrogen functional groups attached to an aromatic ring is 2. The van der Waals surface area contributed by atoms with Crippen molar-refractivity contribution in [3.63, 3.8) is 0 Å². The molecule has 0 aliphatic heterocycles. The number of carboxylic acid groups (broad SMARTS) is 1. The Balaban J connectivity index is 0.000000243. The van der Waals surface area contributed by atoms with Gasteiger partial charge in [0.05, 0.1) is 16.6 Å². The maximum absolute atomic E-state index is 10.4. The average molecular weight is 333 g/mol. The number of hydrogen-bond acceptors (Lipinski definition) is 6. The molecule has 0 heterocycles. The molecule has 2 aromatic rings. The molecule has 2 aromatic carbocycles. The first kappa shape index (κ1) is 18.9. The Kier molecular flexibility index (Phi) is 6.69. The molecule has 8 heteroatoms. The standard InChI is InChI=1S/C9H13NO.C7H6N2O4/c1-2-9(11)7-3-5-8(10)6-4-7;8-5-2-1-4(7(10)11)3-6(5)9(12)13/h3-6,9,11H,2,10H2,1H3;1-3H,8H2,(H,10,11). The lowest BCUT2D eigenvalue weighted by Gasteiger charge is -2.06. The largest absolute Gasteiger partial charge is 0.478 e. The highest BCUT2D eigenvalue weighted by Crippen LogP contribution is 2.22. The molecular formula is C16H19N3O5. The summed E-state index contributed by atoms with van der Waals surface area (Å²) in [5.41, 5.74) is 11.8. The van der Waals surface area contributed by atoms with E-state index in [9.17, 15) is 20.0 Å². The lowest BCUT2D eigenvalue weighted by atomic mass is 10.1. The van der Waals surface area contributed by atoms with Crippen LogP contribution in [0, 0.1) is 10.1 Å². The van der Waals surface area contributed by atoms with Gasteiger partial charge in [0, 0.05) is 11.8 Å². The van der Waals surface area contributed by atoms with Crippen molar-refractivity contribution >= 4 is 23.0 Å². The minimum Gasteiger partial charge on any atom is -0.478 e. The summed E-state index contributed by atoms with van der Waals surface area (Å²) in [7, 11) is 0. The molecule has 2 rings (SSSR count). The predicted molar refractivity (Wildman–Crippen MR) is 90.6 cm³/mol. The number of aliphatic hydroxyl groups is 1. The molecule has 0 fully saturated rings. The van der Waals surface area contributed by atoms with Crippen LogP contribution >= 0.6 is 0 Å². The molecule has 1 atom stereocenters. The maximum atomic E-state index is 10.4. The van der Waals surface area contributed by atoms with Crippen molar-refractivity contribution in [1.82, 2.24) is 0 Å². The first-order valence-corrected chi connectivity index (χ1v) is 7.07. The van der Waals surface area contributed by atoms with Crippen molar-refractivity contribution in [2.45, 2.75) is 19.4 Å². The Morgan fingerprint density at radius 1 is 1.21 bits per heavy atom. The summed E-state index contributed by atoms with van der Waals surface area (Å²) >= 11 is 0. The predicted octanol–water partition coefficient (Wildman–Crippen LogP) is 2.59. The quantitative estimate of drug-likeness (QED) is 0.381. The third kappa shape index (κ3) is 5.25. The van der Waals surface area contributed by atoms with Gasteiger partial charge in [-0.05, 0) is 36.2 Å². The number of aromatic carboxylic acids is 1. The second-order valence-corrected chi connectivity index (χ2v) is 4.93. The number of carboxylic acids is 1. The first-order chi connectivity index (χ1) is 11.3. The van der Waals surface area contributed by atoms with Gasteiger partial charge >= 0.3 is 5.97 Å². The number of benzene rings is 2. The molecule has 24 heavy (non-hydrogen) atoms. The number of nitrogens with two attached hydrogens (primary N) is 2. The van der Waals surface area contributed by atoms with E-state index in [2.05, 4.69) is 0 Å². The Morgan fingerprint density at radius 3 is 2.25 bits per heavy atom. The van der Waals surface area contributed by atoms with Gasteiger partial charge in [-0.15, -0.1) is 0 Å². The van der Waals surface area contributed by atoms with Crippen molar-refractivity contribution in [3.05, 3.63) is 63.7 Å². The Bertz CT molecular complexity index is 716. The van der Waals surface area contributed by atoms with Crippen molar-refractivity contribution < 1.29 is 19.9 Å². The Labute approximate surface area is 138 Å². The molecule has 0 aliphatic rings. The second kappa shape index (κ2) is 8.49. The van der Waals surface area contributed by atoms with Crippen molar-refractivity contribution in [1.29, 1.82) is 0 Å². The molecule has 0 aliphatic carbocycles. The molecular weight excluding hydrogens is 314 g/mol. The molecule has 1 unspecified atom stereocenters. The SMILES string of the molecule is CCC(O)c1ccc(N)cc1.Nc1ccc(C(=O)O)cc1[N+](=O)[O-]. The second-order valence-electron chi connectivity index (χ2n) is 4.93. The summed E-state index contributed by atoms with van der Waals surface area (Å²) in [4.78, 5) is 20.0. The minimum atomic E-state index is -1.22. The van der Waals surface area contributed by atoms with E-state index in [0.29, 0.717) is 0 Å². The number of nitro groups is 1. The number of hydrogen-bond donors (Lipinski definition) is 4. The fraction of sp³-hybridized carbons (Fsp3) is 0.188. The summed E-state index contributed by atoms with van der Waals surface area (Å²) in [6.45, 7) is 1.95. The van der Waals surface area contributed by atoms with Gasteiger partial charge in [0.2, 0.25) is 0 Å². The van der Waals surface area contributed by atoms with Crippen LogP contribution in [0.25, 0.3) is 0 Å². The van der Waals surface area contributed by atoms with E-state index in [4.69, 9.17) is 16.6 Å². The van der Waals surface area contributed by atoms with Crippen LogP contribution in [0.2, 0.25) is 0 Å². The summed E-state index contributed by atoms with van der Waals surface area (Å²) in [6.07, 6.45) is 0.389. The highest BCUT2D eigenvalue weighted by Gasteiger charge is 2.14. The number of rotatable bonds is 4. The fourth-order valence-electron chi connectivity index (χ4n) is 1.79. The van der Waals surface area contributed by atoms with E-state index in [1.807, 2.05) is 19.1 Å². The van der Waals surface area contributed by atoms with Gasteiger partial charge in [0.15, 0.2) is 0 Å². The van der Waals surface area contributed by atoms with Crippen molar-refractivity contribution in [3.8, 4) is 0 Å².